The molecule has 1 fully saturated rings. The van der Waals surface area contributed by atoms with E-state index in [1.807, 2.05) is 18.2 Å². The summed E-state index contributed by atoms with van der Waals surface area (Å²) in [5.41, 5.74) is 0.879. The monoisotopic (exact) mass is 246 g/mol. The summed E-state index contributed by atoms with van der Waals surface area (Å²) in [6.45, 7) is 1.95. The molecule has 0 aliphatic carbocycles. The number of halogens is 2. The molecule has 1 amide bonds. The van der Waals surface area contributed by atoms with Gasteiger partial charge >= 0.3 is 0 Å². The first-order valence-corrected chi connectivity index (χ1v) is 4.92. The number of hydrogen-bond acceptors (Lipinski definition) is 2. The van der Waals surface area contributed by atoms with E-state index in [-0.39, 0.29) is 18.3 Å². The Kier molecular flexibility index (Phi) is 4.39. The van der Waals surface area contributed by atoms with Gasteiger partial charge in [0.15, 0.2) is 0 Å². The predicted octanol–water partition coefficient (Wildman–Crippen LogP) is 1.70. The summed E-state index contributed by atoms with van der Waals surface area (Å²) in [4.78, 5) is 13.3. The number of nitrogens with zero attached hydrogens (tertiary/aromatic N) is 1. The van der Waals surface area contributed by atoms with E-state index in [0.717, 1.165) is 12.2 Å². The van der Waals surface area contributed by atoms with Gasteiger partial charge in [-0.25, -0.2) is 0 Å². The number of carbonyl (C=O) groups is 1. The van der Waals surface area contributed by atoms with Gasteiger partial charge in [-0.3, -0.25) is 4.79 Å². The Balaban J connectivity index is 0.00000112. The third kappa shape index (κ3) is 2.84. The summed E-state index contributed by atoms with van der Waals surface area (Å²) in [7, 11) is 0. The number of hydrogen-bond donors (Lipinski definition) is 1. The zero-order valence-electron chi connectivity index (χ0n) is 8.07. The highest BCUT2D eigenvalue weighted by atomic mass is 35.5. The van der Waals surface area contributed by atoms with Crippen molar-refractivity contribution in [1.29, 1.82) is 0 Å². The molecule has 1 N–H and O–H groups in total. The second-order valence-electron chi connectivity index (χ2n) is 3.20. The van der Waals surface area contributed by atoms with Gasteiger partial charge in [-0.1, -0.05) is 17.7 Å². The van der Waals surface area contributed by atoms with Crippen LogP contribution >= 0.6 is 24.0 Å². The lowest BCUT2D eigenvalue weighted by Crippen LogP contribution is -2.48. The van der Waals surface area contributed by atoms with E-state index in [4.69, 9.17) is 11.6 Å². The van der Waals surface area contributed by atoms with Crippen molar-refractivity contribution in [1.82, 2.24) is 5.32 Å². The number of nitrogens with one attached hydrogen (secondary N) is 1. The first-order valence-electron chi connectivity index (χ1n) is 4.54. The van der Waals surface area contributed by atoms with E-state index in [0.29, 0.717) is 18.1 Å². The van der Waals surface area contributed by atoms with Gasteiger partial charge in [0.1, 0.15) is 0 Å². The van der Waals surface area contributed by atoms with Gasteiger partial charge in [0, 0.05) is 23.8 Å². The van der Waals surface area contributed by atoms with E-state index in [1.165, 1.54) is 0 Å². The highest BCUT2D eigenvalue weighted by molar-refractivity contribution is 6.30. The van der Waals surface area contributed by atoms with Crippen molar-refractivity contribution >= 4 is 35.6 Å². The number of benzene rings is 1. The maximum atomic E-state index is 11.5. The zero-order valence-corrected chi connectivity index (χ0v) is 9.64. The highest BCUT2D eigenvalue weighted by Gasteiger charge is 2.18. The minimum absolute atomic E-state index is 0. The largest absolute Gasteiger partial charge is 0.310 e. The summed E-state index contributed by atoms with van der Waals surface area (Å²) < 4.78 is 0. The van der Waals surface area contributed by atoms with E-state index in [9.17, 15) is 4.79 Å². The summed E-state index contributed by atoms with van der Waals surface area (Å²) in [5, 5.41) is 3.69. The van der Waals surface area contributed by atoms with E-state index >= 15 is 0 Å². The molecule has 82 valence electrons. The summed E-state index contributed by atoms with van der Waals surface area (Å²) >= 11 is 5.86. The average Bonchev–Trinajstić information content (AvgIpc) is 2.18. The van der Waals surface area contributed by atoms with Crippen LogP contribution in [0, 0.1) is 0 Å². The second-order valence-corrected chi connectivity index (χ2v) is 3.64. The summed E-state index contributed by atoms with van der Waals surface area (Å²) in [6, 6.07) is 7.37. The first kappa shape index (κ1) is 12.3. The predicted molar refractivity (Wildman–Crippen MR) is 63.9 cm³/mol. The van der Waals surface area contributed by atoms with Gasteiger partial charge in [-0.2, -0.15) is 0 Å². The van der Waals surface area contributed by atoms with Gasteiger partial charge in [-0.05, 0) is 18.2 Å². The topological polar surface area (TPSA) is 32.3 Å². The third-order valence-electron chi connectivity index (χ3n) is 2.21. The van der Waals surface area contributed by atoms with Crippen molar-refractivity contribution < 1.29 is 4.79 Å². The van der Waals surface area contributed by atoms with Crippen LogP contribution in [0.25, 0.3) is 0 Å². The molecule has 5 heteroatoms. The molecule has 1 heterocycles. The van der Waals surface area contributed by atoms with E-state index < -0.39 is 0 Å². The van der Waals surface area contributed by atoms with Gasteiger partial charge in [0.05, 0.1) is 6.54 Å². The van der Waals surface area contributed by atoms with Crippen LogP contribution in [-0.2, 0) is 4.79 Å². The molecule has 0 aromatic heterocycles. The maximum Gasteiger partial charge on any atom is 0.240 e. The normalized spacial score (nSPS) is 16.1. The lowest BCUT2D eigenvalue weighted by Gasteiger charge is -2.27. The van der Waals surface area contributed by atoms with Gasteiger partial charge < -0.3 is 10.2 Å². The highest BCUT2D eigenvalue weighted by Crippen LogP contribution is 2.19. The standard InChI is InChI=1S/C10H11ClN2O.ClH/c11-8-2-1-3-9(6-8)13-5-4-12-7-10(13)14;/h1-3,6,12H,4-5,7H2;1H. The Morgan fingerprint density at radius 2 is 2.20 bits per heavy atom. The van der Waals surface area contributed by atoms with E-state index in [2.05, 4.69) is 5.32 Å². The number of carbonyl (C=O) groups excluding carboxylic acids is 1. The molecular formula is C10H12Cl2N2O. The van der Waals surface area contributed by atoms with Crippen LogP contribution in [0.4, 0.5) is 5.69 Å². The maximum absolute atomic E-state index is 11.5. The summed E-state index contributed by atoms with van der Waals surface area (Å²) in [5.74, 6) is 0.0958. The van der Waals surface area contributed by atoms with Crippen molar-refractivity contribution in [2.75, 3.05) is 24.5 Å². The Hall–Kier alpha value is -0.770. The van der Waals surface area contributed by atoms with Crippen LogP contribution in [0.1, 0.15) is 0 Å². The molecular weight excluding hydrogens is 235 g/mol. The molecule has 0 unspecified atom stereocenters. The first-order chi connectivity index (χ1) is 6.77. The van der Waals surface area contributed by atoms with Gasteiger partial charge in [0.2, 0.25) is 5.91 Å². The van der Waals surface area contributed by atoms with E-state index in [1.54, 1.807) is 11.0 Å². The fourth-order valence-corrected chi connectivity index (χ4v) is 1.71. The number of anilines is 1. The fraction of sp³-hybridized carbons (Fsp3) is 0.300. The Morgan fingerprint density at radius 1 is 1.40 bits per heavy atom. The van der Waals surface area contributed by atoms with Crippen LogP contribution in [0.2, 0.25) is 5.02 Å². The molecule has 0 spiro atoms. The molecule has 1 aromatic rings. The lowest BCUT2D eigenvalue weighted by molar-refractivity contribution is -0.118. The quantitative estimate of drug-likeness (QED) is 0.819. The molecule has 0 radical (unpaired) electrons. The van der Waals surface area contributed by atoms with Crippen molar-refractivity contribution in [2.45, 2.75) is 0 Å². The number of piperazine rings is 1. The van der Waals surface area contributed by atoms with Gasteiger partial charge in [0.25, 0.3) is 0 Å². The van der Waals surface area contributed by atoms with Crippen LogP contribution < -0.4 is 10.2 Å². The van der Waals surface area contributed by atoms with Gasteiger partial charge in [-0.15, -0.1) is 12.4 Å². The second kappa shape index (κ2) is 5.35. The summed E-state index contributed by atoms with van der Waals surface area (Å²) in [6.07, 6.45) is 0. The third-order valence-corrected chi connectivity index (χ3v) is 2.44. The molecule has 2 rings (SSSR count). The zero-order chi connectivity index (χ0) is 9.97. The van der Waals surface area contributed by atoms with Crippen molar-refractivity contribution in [3.05, 3.63) is 29.3 Å². The number of amides is 1. The SMILES string of the molecule is Cl.O=C1CNCCN1c1cccc(Cl)c1. The molecule has 1 saturated heterocycles. The van der Waals surface area contributed by atoms with Crippen LogP contribution in [0.15, 0.2) is 24.3 Å². The van der Waals surface area contributed by atoms with Crippen molar-refractivity contribution in [3.8, 4) is 0 Å². The van der Waals surface area contributed by atoms with Crippen LogP contribution in [-0.4, -0.2) is 25.5 Å². The molecule has 1 aliphatic rings. The minimum Gasteiger partial charge on any atom is -0.310 e. The molecule has 0 atom stereocenters. The average molecular weight is 247 g/mol. The molecule has 0 bridgehead atoms. The molecule has 1 aromatic carbocycles. The Bertz CT molecular complexity index is 357. The Labute approximate surface area is 99.8 Å². The molecule has 3 nitrogen and oxygen atoms in total. The lowest BCUT2D eigenvalue weighted by atomic mass is 10.2. The molecule has 15 heavy (non-hydrogen) atoms. The van der Waals surface area contributed by atoms with Crippen LogP contribution in [0.5, 0.6) is 0 Å². The molecule has 0 saturated carbocycles. The smallest absolute Gasteiger partial charge is 0.240 e. The fourth-order valence-electron chi connectivity index (χ4n) is 1.52. The van der Waals surface area contributed by atoms with Crippen LogP contribution in [0.3, 0.4) is 0 Å². The van der Waals surface area contributed by atoms with Crippen molar-refractivity contribution in [2.24, 2.45) is 0 Å². The number of rotatable bonds is 1. The van der Waals surface area contributed by atoms with Crippen molar-refractivity contribution in [3.63, 3.8) is 0 Å². The Morgan fingerprint density at radius 3 is 2.87 bits per heavy atom. The minimum atomic E-state index is 0. The molecule has 1 aliphatic heterocycles.